The van der Waals surface area contributed by atoms with Crippen molar-refractivity contribution >= 4 is 0 Å². The van der Waals surface area contributed by atoms with E-state index in [0.717, 1.165) is 19.3 Å². The monoisotopic (exact) mass is 244 g/mol. The number of hydrogen-bond acceptors (Lipinski definition) is 2. The zero-order chi connectivity index (χ0) is 12.8. The molecule has 1 saturated carbocycles. The van der Waals surface area contributed by atoms with Crippen LogP contribution in [0.5, 0.6) is 0 Å². The molecule has 1 fully saturated rings. The van der Waals surface area contributed by atoms with E-state index in [9.17, 15) is 0 Å². The molecule has 0 heterocycles. The Balaban J connectivity index is 0.000000354. The molecule has 2 heteroatoms. The molecular weight excluding hydrogens is 212 g/mol. The zero-order valence-corrected chi connectivity index (χ0v) is 11.7. The van der Waals surface area contributed by atoms with Crippen LogP contribution < -0.4 is 0 Å². The highest BCUT2D eigenvalue weighted by molar-refractivity contribution is 4.63. The average molecular weight is 244 g/mol. The summed E-state index contributed by atoms with van der Waals surface area (Å²) in [5.41, 5.74) is 0. The van der Waals surface area contributed by atoms with E-state index < -0.39 is 0 Å². The molecule has 0 bridgehead atoms. The average Bonchev–Trinajstić information content (AvgIpc) is 2.80. The molecule has 1 aliphatic carbocycles. The van der Waals surface area contributed by atoms with Crippen LogP contribution in [0.4, 0.5) is 0 Å². The fourth-order valence-electron chi connectivity index (χ4n) is 2.15. The first-order valence-corrected chi connectivity index (χ1v) is 7.60. The van der Waals surface area contributed by atoms with Gasteiger partial charge in [0, 0.05) is 6.61 Å². The van der Waals surface area contributed by atoms with Gasteiger partial charge in [0.05, 0.1) is 6.10 Å². The lowest BCUT2D eigenvalue weighted by atomic mass is 10.1. The van der Waals surface area contributed by atoms with Crippen LogP contribution in [0.15, 0.2) is 0 Å². The summed E-state index contributed by atoms with van der Waals surface area (Å²) >= 11 is 0. The lowest BCUT2D eigenvalue weighted by Crippen LogP contribution is -1.94. The van der Waals surface area contributed by atoms with E-state index >= 15 is 0 Å². The molecule has 0 spiro atoms. The molecule has 0 aliphatic heterocycles. The number of unbranched alkanes of at least 4 members (excludes halogenated alkanes) is 7. The van der Waals surface area contributed by atoms with Crippen molar-refractivity contribution in [2.75, 3.05) is 6.61 Å². The number of aliphatic hydroxyl groups is 2. The number of rotatable bonds is 8. The molecule has 0 radical (unpaired) electrons. The predicted molar refractivity (Wildman–Crippen MR) is 74.2 cm³/mol. The van der Waals surface area contributed by atoms with Gasteiger partial charge in [-0.2, -0.15) is 0 Å². The molecule has 17 heavy (non-hydrogen) atoms. The predicted octanol–water partition coefficient (Wildman–Crippen LogP) is 4.04. The second-order valence-electron chi connectivity index (χ2n) is 5.14. The Morgan fingerprint density at radius 1 is 0.824 bits per heavy atom. The first kappa shape index (κ1) is 16.9. The van der Waals surface area contributed by atoms with Crippen LogP contribution in [-0.2, 0) is 0 Å². The highest BCUT2D eigenvalue weighted by Gasteiger charge is 2.09. The van der Waals surface area contributed by atoms with Crippen LogP contribution in [0.25, 0.3) is 0 Å². The maximum Gasteiger partial charge on any atom is 0.0540 e. The molecule has 0 saturated heterocycles. The fraction of sp³-hybridized carbons (Fsp3) is 1.00. The second-order valence-corrected chi connectivity index (χ2v) is 5.14. The minimum atomic E-state index is 0.0463. The molecule has 2 nitrogen and oxygen atoms in total. The van der Waals surface area contributed by atoms with Gasteiger partial charge in [0.2, 0.25) is 0 Å². The molecule has 1 rings (SSSR count). The van der Waals surface area contributed by atoms with Gasteiger partial charge in [0.1, 0.15) is 0 Å². The zero-order valence-electron chi connectivity index (χ0n) is 11.7. The van der Waals surface area contributed by atoms with Crippen LogP contribution in [0.2, 0.25) is 0 Å². The molecule has 0 aromatic heterocycles. The Bertz CT molecular complexity index is 123. The summed E-state index contributed by atoms with van der Waals surface area (Å²) in [6, 6.07) is 0. The Labute approximate surface area is 107 Å². The first-order chi connectivity index (χ1) is 8.31. The summed E-state index contributed by atoms with van der Waals surface area (Å²) in [5.74, 6) is 0. The van der Waals surface area contributed by atoms with Crippen LogP contribution in [-0.4, -0.2) is 22.9 Å². The quantitative estimate of drug-likeness (QED) is 0.633. The van der Waals surface area contributed by atoms with Crippen molar-refractivity contribution in [1.82, 2.24) is 0 Å². The summed E-state index contributed by atoms with van der Waals surface area (Å²) in [4.78, 5) is 0. The van der Waals surface area contributed by atoms with Crippen LogP contribution in [0.1, 0.15) is 84.0 Å². The van der Waals surface area contributed by atoms with Gasteiger partial charge in [-0.3, -0.25) is 0 Å². The molecule has 2 N–H and O–H groups in total. The van der Waals surface area contributed by atoms with Gasteiger partial charge in [-0.25, -0.2) is 0 Å². The minimum Gasteiger partial charge on any atom is -0.396 e. The van der Waals surface area contributed by atoms with E-state index in [1.165, 1.54) is 57.8 Å². The summed E-state index contributed by atoms with van der Waals surface area (Å²) in [6.45, 7) is 2.61. The van der Waals surface area contributed by atoms with Crippen LogP contribution in [0.3, 0.4) is 0 Å². The Morgan fingerprint density at radius 2 is 1.29 bits per heavy atom. The molecule has 0 aromatic rings. The first-order valence-electron chi connectivity index (χ1n) is 7.60. The van der Waals surface area contributed by atoms with E-state index in [2.05, 4.69) is 6.92 Å². The molecule has 0 amide bonds. The largest absolute Gasteiger partial charge is 0.396 e. The van der Waals surface area contributed by atoms with Crippen molar-refractivity contribution in [2.45, 2.75) is 90.1 Å². The summed E-state index contributed by atoms with van der Waals surface area (Å²) in [5, 5.41) is 17.2. The highest BCUT2D eigenvalue weighted by atomic mass is 16.3. The van der Waals surface area contributed by atoms with E-state index in [1.807, 2.05) is 0 Å². The fourth-order valence-corrected chi connectivity index (χ4v) is 2.15. The minimum absolute atomic E-state index is 0.0463. The van der Waals surface area contributed by atoms with E-state index in [0.29, 0.717) is 6.61 Å². The molecule has 0 aromatic carbocycles. The molecule has 0 unspecified atom stereocenters. The van der Waals surface area contributed by atoms with Crippen molar-refractivity contribution in [1.29, 1.82) is 0 Å². The lowest BCUT2D eigenvalue weighted by molar-refractivity contribution is 0.183. The van der Waals surface area contributed by atoms with Gasteiger partial charge in [0.15, 0.2) is 0 Å². The van der Waals surface area contributed by atoms with E-state index in [-0.39, 0.29) is 6.10 Å². The summed E-state index contributed by atoms with van der Waals surface area (Å²) in [6.07, 6.45) is 15.0. The van der Waals surface area contributed by atoms with Gasteiger partial charge < -0.3 is 10.2 Å². The van der Waals surface area contributed by atoms with Crippen molar-refractivity contribution in [3.63, 3.8) is 0 Å². The van der Waals surface area contributed by atoms with Gasteiger partial charge in [-0.05, 0) is 19.3 Å². The standard InChI is InChI=1S/C10H22O.C5H10O/c1-2-3-4-5-6-7-8-9-10-11;6-5-3-1-2-4-5/h11H,2-10H2,1H3;5-6H,1-4H2. The third kappa shape index (κ3) is 13.9. The normalized spacial score (nSPS) is 15.7. The number of hydrogen-bond donors (Lipinski definition) is 2. The third-order valence-electron chi connectivity index (χ3n) is 3.34. The Morgan fingerprint density at radius 3 is 1.65 bits per heavy atom. The summed E-state index contributed by atoms with van der Waals surface area (Å²) < 4.78 is 0. The Hall–Kier alpha value is -0.0800. The summed E-state index contributed by atoms with van der Waals surface area (Å²) in [7, 11) is 0. The highest BCUT2D eigenvalue weighted by Crippen LogP contribution is 2.16. The topological polar surface area (TPSA) is 40.5 Å². The van der Waals surface area contributed by atoms with Gasteiger partial charge >= 0.3 is 0 Å². The SMILES string of the molecule is CCCCCCCCCCO.OC1CCCC1. The molecule has 1 aliphatic rings. The second kappa shape index (κ2) is 14.0. The van der Waals surface area contributed by atoms with E-state index in [4.69, 9.17) is 10.2 Å². The van der Waals surface area contributed by atoms with Crippen LogP contribution in [0, 0.1) is 0 Å². The van der Waals surface area contributed by atoms with Gasteiger partial charge in [0.25, 0.3) is 0 Å². The van der Waals surface area contributed by atoms with Crippen LogP contribution >= 0.6 is 0 Å². The maximum atomic E-state index is 8.73. The van der Waals surface area contributed by atoms with Crippen molar-refractivity contribution in [3.05, 3.63) is 0 Å². The van der Waals surface area contributed by atoms with Gasteiger partial charge in [-0.15, -0.1) is 0 Å². The molecule has 0 atom stereocenters. The van der Waals surface area contributed by atoms with Crippen molar-refractivity contribution in [3.8, 4) is 0 Å². The lowest BCUT2D eigenvalue weighted by Gasteiger charge is -1.98. The smallest absolute Gasteiger partial charge is 0.0540 e. The third-order valence-corrected chi connectivity index (χ3v) is 3.34. The Kier molecular flexibility index (Phi) is 13.9. The van der Waals surface area contributed by atoms with Crippen molar-refractivity contribution < 1.29 is 10.2 Å². The molecular formula is C15H32O2. The maximum absolute atomic E-state index is 8.73. The van der Waals surface area contributed by atoms with Gasteiger partial charge in [-0.1, -0.05) is 64.7 Å². The van der Waals surface area contributed by atoms with E-state index in [1.54, 1.807) is 0 Å². The van der Waals surface area contributed by atoms with Crippen molar-refractivity contribution in [2.24, 2.45) is 0 Å². The molecule has 104 valence electrons. The number of aliphatic hydroxyl groups excluding tert-OH is 2.